The molecule has 3 rings (SSSR count). The molecule has 30 heavy (non-hydrogen) atoms. The van der Waals surface area contributed by atoms with E-state index in [1.165, 1.54) is 30.3 Å². The molecule has 0 saturated carbocycles. The molecule has 0 aliphatic rings. The lowest BCUT2D eigenvalue weighted by Gasteiger charge is -2.18. The maximum Gasteiger partial charge on any atom is 0.342 e. The van der Waals surface area contributed by atoms with Crippen LogP contribution < -0.4 is 5.32 Å². The normalized spacial score (nSPS) is 11.4. The Morgan fingerprint density at radius 3 is 2.37 bits per heavy atom. The van der Waals surface area contributed by atoms with Crippen LogP contribution in [0.4, 0.5) is 15.8 Å². The molecule has 1 atom stereocenters. The molecule has 3 aromatic rings. The minimum Gasteiger partial charge on any atom is -0.444 e. The van der Waals surface area contributed by atoms with E-state index in [9.17, 15) is 24.1 Å². The van der Waals surface area contributed by atoms with Gasteiger partial charge in [0.15, 0.2) is 0 Å². The quantitative estimate of drug-likeness (QED) is 0.366. The molecule has 0 aliphatic heterocycles. The molecule has 3 aromatic carbocycles. The van der Waals surface area contributed by atoms with Crippen LogP contribution in [-0.2, 0) is 9.53 Å². The summed E-state index contributed by atoms with van der Waals surface area (Å²) in [6, 6.07) is 17.6. The first kappa shape index (κ1) is 20.7. The molecule has 0 bridgehead atoms. The first-order valence-electron chi connectivity index (χ1n) is 8.93. The highest BCUT2D eigenvalue weighted by atomic mass is 19.1. The average Bonchev–Trinajstić information content (AvgIpc) is 2.73. The van der Waals surface area contributed by atoms with Crippen LogP contribution in [0.5, 0.6) is 0 Å². The number of carbonyl (C=O) groups excluding carboxylic acids is 2. The molecule has 0 radical (unpaired) electrons. The molecule has 8 heteroatoms. The number of ether oxygens (including phenoxy) is 1. The lowest BCUT2D eigenvalue weighted by Crippen LogP contribution is -2.26. The van der Waals surface area contributed by atoms with Crippen LogP contribution >= 0.6 is 0 Å². The van der Waals surface area contributed by atoms with Gasteiger partial charge in [-0.25, -0.2) is 9.18 Å². The Balaban J connectivity index is 1.92. The minimum atomic E-state index is -1.45. The third-order valence-electron chi connectivity index (χ3n) is 4.27. The van der Waals surface area contributed by atoms with Crippen molar-refractivity contribution in [1.82, 2.24) is 0 Å². The molecular weight excluding hydrogens is 391 g/mol. The van der Waals surface area contributed by atoms with Crippen LogP contribution in [0.2, 0.25) is 0 Å². The van der Waals surface area contributed by atoms with Gasteiger partial charge in [-0.05, 0) is 30.7 Å². The number of nitrogens with zero attached hydrogens (tertiary/aromatic N) is 1. The summed E-state index contributed by atoms with van der Waals surface area (Å²) in [4.78, 5) is 36.1. The zero-order valence-corrected chi connectivity index (χ0v) is 15.9. The van der Waals surface area contributed by atoms with Crippen molar-refractivity contribution in [2.45, 2.75) is 13.0 Å². The number of nitro benzene ring substituents is 1. The van der Waals surface area contributed by atoms with Gasteiger partial charge >= 0.3 is 5.97 Å². The van der Waals surface area contributed by atoms with Crippen LogP contribution in [-0.4, -0.2) is 16.8 Å². The van der Waals surface area contributed by atoms with Crippen molar-refractivity contribution in [2.75, 3.05) is 5.32 Å². The number of nitrogens with one attached hydrogen (secondary N) is 1. The van der Waals surface area contributed by atoms with Crippen molar-refractivity contribution in [3.05, 3.63) is 105 Å². The summed E-state index contributed by atoms with van der Waals surface area (Å²) in [6.07, 6.45) is -1.45. The number of amides is 1. The summed E-state index contributed by atoms with van der Waals surface area (Å²) >= 11 is 0. The lowest BCUT2D eigenvalue weighted by atomic mass is 10.1. The van der Waals surface area contributed by atoms with Crippen LogP contribution in [0.1, 0.15) is 27.6 Å². The summed E-state index contributed by atoms with van der Waals surface area (Å²) in [5.41, 5.74) is 0.307. The lowest BCUT2D eigenvalue weighted by molar-refractivity contribution is -0.384. The fraction of sp³-hybridized carbons (Fsp3) is 0.0909. The molecular formula is C22H17FN2O5. The predicted octanol–water partition coefficient (Wildman–Crippen LogP) is 4.58. The Kier molecular flexibility index (Phi) is 6.17. The van der Waals surface area contributed by atoms with E-state index in [-0.39, 0.29) is 16.9 Å². The van der Waals surface area contributed by atoms with Gasteiger partial charge in [-0.2, -0.15) is 0 Å². The van der Waals surface area contributed by atoms with Gasteiger partial charge in [0.1, 0.15) is 11.5 Å². The van der Waals surface area contributed by atoms with Crippen molar-refractivity contribution in [3.63, 3.8) is 0 Å². The number of anilines is 1. The molecule has 152 valence electrons. The van der Waals surface area contributed by atoms with Crippen LogP contribution in [0.3, 0.4) is 0 Å². The van der Waals surface area contributed by atoms with Crippen molar-refractivity contribution in [3.8, 4) is 0 Å². The van der Waals surface area contributed by atoms with Gasteiger partial charge in [-0.15, -0.1) is 0 Å². The van der Waals surface area contributed by atoms with E-state index < -0.39 is 28.7 Å². The number of benzene rings is 3. The Morgan fingerprint density at radius 1 is 1.03 bits per heavy atom. The Labute approximate surface area is 171 Å². The van der Waals surface area contributed by atoms with Crippen molar-refractivity contribution >= 4 is 23.3 Å². The van der Waals surface area contributed by atoms with Gasteiger partial charge in [0.25, 0.3) is 11.6 Å². The summed E-state index contributed by atoms with van der Waals surface area (Å²) < 4.78 is 19.2. The number of nitro groups is 1. The molecule has 0 saturated heterocycles. The van der Waals surface area contributed by atoms with Crippen LogP contribution in [0.15, 0.2) is 72.8 Å². The number of esters is 1. The van der Waals surface area contributed by atoms with E-state index in [2.05, 4.69) is 5.32 Å². The number of halogens is 1. The van der Waals surface area contributed by atoms with E-state index in [0.29, 0.717) is 11.1 Å². The number of hydrogen-bond acceptors (Lipinski definition) is 5. The highest BCUT2D eigenvalue weighted by Crippen LogP contribution is 2.28. The van der Waals surface area contributed by atoms with E-state index in [4.69, 9.17) is 4.74 Å². The van der Waals surface area contributed by atoms with E-state index >= 15 is 0 Å². The molecule has 1 amide bonds. The third kappa shape index (κ3) is 4.67. The summed E-state index contributed by atoms with van der Waals surface area (Å²) in [5, 5.41) is 13.8. The van der Waals surface area contributed by atoms with Crippen molar-refractivity contribution in [1.29, 1.82) is 0 Å². The van der Waals surface area contributed by atoms with Crippen LogP contribution in [0.25, 0.3) is 0 Å². The average molecular weight is 408 g/mol. The first-order chi connectivity index (χ1) is 14.4. The zero-order valence-electron chi connectivity index (χ0n) is 15.9. The highest BCUT2D eigenvalue weighted by Gasteiger charge is 2.28. The van der Waals surface area contributed by atoms with Gasteiger partial charge in [-0.1, -0.05) is 48.5 Å². The fourth-order valence-electron chi connectivity index (χ4n) is 2.79. The smallest absolute Gasteiger partial charge is 0.342 e. The molecule has 0 aromatic heterocycles. The van der Waals surface area contributed by atoms with Gasteiger partial charge in [0.05, 0.1) is 10.5 Å². The van der Waals surface area contributed by atoms with Crippen LogP contribution in [0, 0.1) is 22.9 Å². The maximum absolute atomic E-state index is 13.9. The van der Waals surface area contributed by atoms with E-state index in [1.807, 2.05) is 0 Å². The van der Waals surface area contributed by atoms with E-state index in [1.54, 1.807) is 43.3 Å². The molecule has 0 unspecified atom stereocenters. The maximum atomic E-state index is 13.9. The number of rotatable bonds is 6. The highest BCUT2D eigenvalue weighted by molar-refractivity contribution is 5.99. The van der Waals surface area contributed by atoms with Gasteiger partial charge in [0, 0.05) is 11.6 Å². The standard InChI is InChI=1S/C22H17FN2O5/c1-14-11-12-18(19(13-14)25(28)29)24-21(26)20(15-7-3-2-4-8-15)30-22(27)16-9-5-6-10-17(16)23/h2-13,20H,1H3,(H,24,26)/t20-/m0/s1. The molecule has 0 heterocycles. The van der Waals surface area contributed by atoms with Gasteiger partial charge < -0.3 is 10.1 Å². The molecule has 0 aliphatic carbocycles. The van der Waals surface area contributed by atoms with Crippen molar-refractivity contribution < 1.29 is 23.6 Å². The molecule has 0 spiro atoms. The molecule has 7 nitrogen and oxygen atoms in total. The zero-order chi connectivity index (χ0) is 21.7. The summed E-state index contributed by atoms with van der Waals surface area (Å²) in [7, 11) is 0. The SMILES string of the molecule is Cc1ccc(NC(=O)[C@@H](OC(=O)c2ccccc2F)c2ccccc2)c([N+](=O)[O-])c1. The Hall–Kier alpha value is -4.07. The molecule has 1 N–H and O–H groups in total. The van der Waals surface area contributed by atoms with Crippen molar-refractivity contribution in [2.24, 2.45) is 0 Å². The monoisotopic (exact) mass is 408 g/mol. The second-order valence-electron chi connectivity index (χ2n) is 6.44. The summed E-state index contributed by atoms with van der Waals surface area (Å²) in [5.74, 6) is -2.63. The predicted molar refractivity (Wildman–Crippen MR) is 107 cm³/mol. The number of carbonyl (C=O) groups is 2. The Morgan fingerprint density at radius 2 is 1.70 bits per heavy atom. The van der Waals surface area contributed by atoms with Gasteiger partial charge in [0.2, 0.25) is 6.10 Å². The number of aryl methyl sites for hydroxylation is 1. The topological polar surface area (TPSA) is 98.5 Å². The second-order valence-corrected chi connectivity index (χ2v) is 6.44. The number of hydrogen-bond donors (Lipinski definition) is 1. The fourth-order valence-corrected chi connectivity index (χ4v) is 2.79. The van der Waals surface area contributed by atoms with Gasteiger partial charge in [-0.3, -0.25) is 14.9 Å². The summed E-state index contributed by atoms with van der Waals surface area (Å²) in [6.45, 7) is 1.68. The van der Waals surface area contributed by atoms with E-state index in [0.717, 1.165) is 6.07 Å². The first-order valence-corrected chi connectivity index (χ1v) is 8.93. The second kappa shape index (κ2) is 8.95. The third-order valence-corrected chi connectivity index (χ3v) is 4.27. The molecule has 0 fully saturated rings. The minimum absolute atomic E-state index is 0.0431. The Bertz CT molecular complexity index is 1100. The largest absolute Gasteiger partial charge is 0.444 e.